The Hall–Kier alpha value is -2.12. The average Bonchev–Trinajstić information content (AvgIpc) is 2.82. The summed E-state index contributed by atoms with van der Waals surface area (Å²) in [6.07, 6.45) is 3.54. The van der Waals surface area contributed by atoms with E-state index in [1.807, 2.05) is 30.1 Å². The van der Waals surface area contributed by atoms with Crippen LogP contribution < -0.4 is 4.72 Å². The number of carboxylic acids is 1. The topological polar surface area (TPSA) is 88.4 Å². The Balaban J connectivity index is 2.06. The SMILES string of the molecule is Cn1ccc(CNS(=O)(=O)c2ccc(CC(=O)O)cc2)c1. The van der Waals surface area contributed by atoms with Gasteiger partial charge < -0.3 is 9.67 Å². The highest BCUT2D eigenvalue weighted by Gasteiger charge is 2.14. The van der Waals surface area contributed by atoms with Crippen LogP contribution in [0.3, 0.4) is 0 Å². The van der Waals surface area contributed by atoms with E-state index in [1.54, 1.807) is 0 Å². The Kier molecular flexibility index (Phi) is 4.44. The van der Waals surface area contributed by atoms with Crippen LogP contribution in [-0.2, 0) is 34.8 Å². The highest BCUT2D eigenvalue weighted by atomic mass is 32.2. The van der Waals surface area contributed by atoms with Crippen LogP contribution in [0.25, 0.3) is 0 Å². The number of carboxylic acid groups (broad SMARTS) is 1. The van der Waals surface area contributed by atoms with Crippen molar-refractivity contribution in [3.05, 3.63) is 53.9 Å². The van der Waals surface area contributed by atoms with Crippen molar-refractivity contribution >= 4 is 16.0 Å². The van der Waals surface area contributed by atoms with E-state index in [2.05, 4.69) is 4.72 Å². The van der Waals surface area contributed by atoms with Gasteiger partial charge in [-0.2, -0.15) is 0 Å². The summed E-state index contributed by atoms with van der Waals surface area (Å²) in [5.41, 5.74) is 1.42. The summed E-state index contributed by atoms with van der Waals surface area (Å²) in [5, 5.41) is 8.68. The first-order valence-electron chi connectivity index (χ1n) is 6.28. The number of benzene rings is 1. The highest BCUT2D eigenvalue weighted by molar-refractivity contribution is 7.89. The molecule has 0 amide bonds. The number of hydrogen-bond donors (Lipinski definition) is 2. The average molecular weight is 308 g/mol. The van der Waals surface area contributed by atoms with Crippen molar-refractivity contribution < 1.29 is 18.3 Å². The quantitative estimate of drug-likeness (QED) is 0.837. The third kappa shape index (κ3) is 4.17. The summed E-state index contributed by atoms with van der Waals surface area (Å²) in [4.78, 5) is 10.7. The zero-order chi connectivity index (χ0) is 15.5. The fourth-order valence-electron chi connectivity index (χ4n) is 1.89. The van der Waals surface area contributed by atoms with E-state index in [0.717, 1.165) is 5.56 Å². The molecule has 0 atom stereocenters. The summed E-state index contributed by atoms with van der Waals surface area (Å²) < 4.78 is 28.6. The van der Waals surface area contributed by atoms with Crippen molar-refractivity contribution in [1.29, 1.82) is 0 Å². The number of aromatic nitrogens is 1. The molecule has 0 bridgehead atoms. The lowest BCUT2D eigenvalue weighted by atomic mass is 10.2. The zero-order valence-corrected chi connectivity index (χ0v) is 12.3. The first-order chi connectivity index (χ1) is 9.87. The molecule has 1 aromatic heterocycles. The maximum Gasteiger partial charge on any atom is 0.307 e. The first-order valence-corrected chi connectivity index (χ1v) is 7.76. The second kappa shape index (κ2) is 6.11. The highest BCUT2D eigenvalue weighted by Crippen LogP contribution is 2.12. The molecule has 0 unspecified atom stereocenters. The number of nitrogens with one attached hydrogen (secondary N) is 1. The predicted molar refractivity (Wildman–Crippen MR) is 77.2 cm³/mol. The predicted octanol–water partition coefficient (Wildman–Crippen LogP) is 1.13. The lowest BCUT2D eigenvalue weighted by Crippen LogP contribution is -2.23. The molecule has 0 spiro atoms. The van der Waals surface area contributed by atoms with Crippen molar-refractivity contribution in [3.63, 3.8) is 0 Å². The van der Waals surface area contributed by atoms with E-state index < -0.39 is 16.0 Å². The molecule has 7 heteroatoms. The molecule has 0 saturated heterocycles. The van der Waals surface area contributed by atoms with Crippen LogP contribution in [0.4, 0.5) is 0 Å². The monoisotopic (exact) mass is 308 g/mol. The van der Waals surface area contributed by atoms with E-state index in [1.165, 1.54) is 24.3 Å². The third-order valence-corrected chi connectivity index (χ3v) is 4.37. The van der Waals surface area contributed by atoms with Gasteiger partial charge in [0.2, 0.25) is 10.0 Å². The second-order valence-corrected chi connectivity index (χ2v) is 6.49. The Bertz CT molecular complexity index is 733. The van der Waals surface area contributed by atoms with Crippen molar-refractivity contribution in [1.82, 2.24) is 9.29 Å². The number of aryl methyl sites for hydroxylation is 1. The molecule has 0 fully saturated rings. The molecule has 0 aliphatic carbocycles. The summed E-state index contributed by atoms with van der Waals surface area (Å²) in [6, 6.07) is 7.66. The molecule has 2 rings (SSSR count). The van der Waals surface area contributed by atoms with Gasteiger partial charge in [0, 0.05) is 26.0 Å². The standard InChI is InChI=1S/C14H16N2O4S/c1-16-7-6-12(10-16)9-15-21(19,20)13-4-2-11(3-5-13)8-14(17)18/h2-7,10,15H,8-9H2,1H3,(H,17,18). The van der Waals surface area contributed by atoms with Crippen LogP contribution >= 0.6 is 0 Å². The van der Waals surface area contributed by atoms with E-state index >= 15 is 0 Å². The lowest BCUT2D eigenvalue weighted by Gasteiger charge is -2.06. The van der Waals surface area contributed by atoms with E-state index in [9.17, 15) is 13.2 Å². The van der Waals surface area contributed by atoms with Crippen molar-refractivity contribution in [2.75, 3.05) is 0 Å². The largest absolute Gasteiger partial charge is 0.481 e. The Morgan fingerprint density at radius 2 is 1.86 bits per heavy atom. The van der Waals surface area contributed by atoms with Crippen LogP contribution in [0.2, 0.25) is 0 Å². The van der Waals surface area contributed by atoms with Gasteiger partial charge in [-0.3, -0.25) is 4.79 Å². The van der Waals surface area contributed by atoms with Gasteiger partial charge in [0.25, 0.3) is 0 Å². The molecule has 1 heterocycles. The maximum absolute atomic E-state index is 12.1. The fraction of sp³-hybridized carbons (Fsp3) is 0.214. The van der Waals surface area contributed by atoms with E-state index in [0.29, 0.717) is 5.56 Å². The molecule has 0 saturated carbocycles. The van der Waals surface area contributed by atoms with Gasteiger partial charge in [0.05, 0.1) is 11.3 Å². The van der Waals surface area contributed by atoms with Gasteiger partial charge in [-0.1, -0.05) is 12.1 Å². The number of aliphatic carboxylic acids is 1. The summed E-state index contributed by atoms with van der Waals surface area (Å²) in [5.74, 6) is -0.951. The smallest absolute Gasteiger partial charge is 0.307 e. The summed E-state index contributed by atoms with van der Waals surface area (Å²) in [7, 11) is -1.74. The Morgan fingerprint density at radius 1 is 1.19 bits per heavy atom. The molecule has 6 nitrogen and oxygen atoms in total. The van der Waals surface area contributed by atoms with Crippen LogP contribution in [0.15, 0.2) is 47.6 Å². The number of rotatable bonds is 6. The number of nitrogens with zero attached hydrogens (tertiary/aromatic N) is 1. The van der Waals surface area contributed by atoms with Gasteiger partial charge in [-0.25, -0.2) is 13.1 Å². The second-order valence-electron chi connectivity index (χ2n) is 4.72. The molecule has 0 aliphatic rings. The number of carbonyl (C=O) groups is 1. The molecule has 2 N–H and O–H groups in total. The van der Waals surface area contributed by atoms with Gasteiger partial charge in [-0.05, 0) is 29.3 Å². The summed E-state index contributed by atoms with van der Waals surface area (Å²) >= 11 is 0. The van der Waals surface area contributed by atoms with Crippen LogP contribution in [0, 0.1) is 0 Å². The van der Waals surface area contributed by atoms with Crippen LogP contribution in [-0.4, -0.2) is 24.1 Å². The fourth-order valence-corrected chi connectivity index (χ4v) is 2.91. The van der Waals surface area contributed by atoms with Crippen molar-refractivity contribution in [3.8, 4) is 0 Å². The van der Waals surface area contributed by atoms with Crippen LogP contribution in [0.1, 0.15) is 11.1 Å². The normalized spacial score (nSPS) is 11.5. The molecule has 2 aromatic rings. The molecule has 21 heavy (non-hydrogen) atoms. The van der Waals surface area contributed by atoms with Gasteiger partial charge in [0.15, 0.2) is 0 Å². The van der Waals surface area contributed by atoms with Crippen LogP contribution in [0.5, 0.6) is 0 Å². The summed E-state index contributed by atoms with van der Waals surface area (Å²) in [6.45, 7) is 0.208. The Morgan fingerprint density at radius 3 is 2.38 bits per heavy atom. The maximum atomic E-state index is 12.1. The van der Waals surface area contributed by atoms with Gasteiger partial charge >= 0.3 is 5.97 Å². The van der Waals surface area contributed by atoms with E-state index in [4.69, 9.17) is 5.11 Å². The minimum Gasteiger partial charge on any atom is -0.481 e. The molecule has 0 radical (unpaired) electrons. The zero-order valence-electron chi connectivity index (χ0n) is 11.5. The number of hydrogen-bond acceptors (Lipinski definition) is 3. The minimum atomic E-state index is -3.60. The molecular weight excluding hydrogens is 292 g/mol. The molecule has 0 aliphatic heterocycles. The third-order valence-electron chi connectivity index (χ3n) is 2.95. The van der Waals surface area contributed by atoms with Crippen molar-refractivity contribution in [2.45, 2.75) is 17.9 Å². The Labute approximate surface area is 123 Å². The minimum absolute atomic E-state index is 0.118. The van der Waals surface area contributed by atoms with Crippen molar-refractivity contribution in [2.24, 2.45) is 7.05 Å². The lowest BCUT2D eigenvalue weighted by molar-refractivity contribution is -0.136. The van der Waals surface area contributed by atoms with Gasteiger partial charge in [-0.15, -0.1) is 0 Å². The van der Waals surface area contributed by atoms with Gasteiger partial charge in [0.1, 0.15) is 0 Å². The molecule has 1 aromatic carbocycles. The van der Waals surface area contributed by atoms with E-state index in [-0.39, 0.29) is 17.9 Å². The molecule has 112 valence electrons. The number of sulfonamides is 1. The first kappa shape index (κ1) is 15.3. The molecular formula is C14H16N2O4S.